The van der Waals surface area contributed by atoms with Gasteiger partial charge in [-0.3, -0.25) is 4.79 Å². The monoisotopic (exact) mass is 415 g/mol. The lowest BCUT2D eigenvalue weighted by atomic mass is 9.96. The van der Waals surface area contributed by atoms with E-state index in [1.165, 1.54) is 6.07 Å². The summed E-state index contributed by atoms with van der Waals surface area (Å²) in [5.74, 6) is -0.538. The van der Waals surface area contributed by atoms with Crippen LogP contribution in [0.5, 0.6) is 5.75 Å². The molecule has 152 valence electrons. The normalized spacial score (nSPS) is 19.8. The first kappa shape index (κ1) is 19.7. The average molecular weight is 416 g/mol. The van der Waals surface area contributed by atoms with Gasteiger partial charge in [-0.1, -0.05) is 29.8 Å². The molecule has 4 rings (SSSR count). The Morgan fingerprint density at radius 1 is 1.10 bits per heavy atom. The lowest BCUT2D eigenvalue weighted by Crippen LogP contribution is -2.41. The van der Waals surface area contributed by atoms with E-state index in [4.69, 9.17) is 21.1 Å². The first-order valence-corrected chi connectivity index (χ1v) is 10.0. The molecule has 0 saturated carbocycles. The minimum Gasteiger partial charge on any atom is -0.491 e. The Labute approximate surface area is 174 Å². The Kier molecular flexibility index (Phi) is 5.74. The van der Waals surface area contributed by atoms with Gasteiger partial charge in [0.15, 0.2) is 0 Å². The van der Waals surface area contributed by atoms with Crippen LogP contribution in [-0.4, -0.2) is 41.7 Å². The molecular weight excluding hydrogens is 394 g/mol. The van der Waals surface area contributed by atoms with Gasteiger partial charge in [0.1, 0.15) is 12.4 Å². The number of carbonyl (C=O) groups excluding carboxylic acids is 1. The molecule has 6 nitrogen and oxygen atoms in total. The molecule has 0 aliphatic carbocycles. The third-order valence-corrected chi connectivity index (χ3v) is 5.75. The van der Waals surface area contributed by atoms with Crippen molar-refractivity contribution in [2.45, 2.75) is 25.4 Å². The predicted octanol–water partition coefficient (Wildman–Crippen LogP) is 3.93. The number of halogens is 1. The van der Waals surface area contributed by atoms with Crippen molar-refractivity contribution in [1.29, 1.82) is 0 Å². The second-order valence-corrected chi connectivity index (χ2v) is 7.80. The maximum Gasteiger partial charge on any atom is 0.335 e. The molecule has 1 saturated heterocycles. The van der Waals surface area contributed by atoms with Gasteiger partial charge in [0, 0.05) is 29.7 Å². The summed E-state index contributed by atoms with van der Waals surface area (Å²) < 4.78 is 11.4. The third kappa shape index (κ3) is 4.23. The molecule has 0 aromatic heterocycles. The van der Waals surface area contributed by atoms with Crippen LogP contribution in [0.25, 0.3) is 0 Å². The summed E-state index contributed by atoms with van der Waals surface area (Å²) in [6.07, 6.45) is 1.40. The van der Waals surface area contributed by atoms with Crippen LogP contribution >= 0.6 is 11.6 Å². The SMILES string of the molecule is O=C(O)c1ccc2c(c1)OC[C@H](c1cccc(Cl)c1)N(C(=O)C1CCOCC1)C2. The molecule has 1 atom stereocenters. The van der Waals surface area contributed by atoms with Crippen molar-refractivity contribution in [3.05, 3.63) is 64.2 Å². The first-order chi connectivity index (χ1) is 14.0. The molecule has 2 aliphatic rings. The Bertz CT molecular complexity index is 925. The average Bonchev–Trinajstić information content (AvgIpc) is 2.93. The number of ether oxygens (including phenoxy) is 2. The van der Waals surface area contributed by atoms with Crippen molar-refractivity contribution in [2.24, 2.45) is 5.92 Å². The van der Waals surface area contributed by atoms with Gasteiger partial charge < -0.3 is 19.5 Å². The Balaban J connectivity index is 1.71. The second kappa shape index (κ2) is 8.43. The molecule has 2 aliphatic heterocycles. The van der Waals surface area contributed by atoms with Gasteiger partial charge in [-0.2, -0.15) is 0 Å². The fraction of sp³-hybridized carbons (Fsp3) is 0.364. The molecule has 0 unspecified atom stereocenters. The van der Waals surface area contributed by atoms with Crippen LogP contribution in [0.4, 0.5) is 0 Å². The van der Waals surface area contributed by atoms with E-state index in [2.05, 4.69) is 0 Å². The second-order valence-electron chi connectivity index (χ2n) is 7.36. The summed E-state index contributed by atoms with van der Waals surface area (Å²) in [5, 5.41) is 9.87. The van der Waals surface area contributed by atoms with Crippen molar-refractivity contribution >= 4 is 23.5 Å². The van der Waals surface area contributed by atoms with E-state index in [0.29, 0.717) is 43.4 Å². The summed E-state index contributed by atoms with van der Waals surface area (Å²) in [5.41, 5.74) is 1.84. The molecule has 0 bridgehead atoms. The molecule has 7 heteroatoms. The summed E-state index contributed by atoms with van der Waals surface area (Å²) in [7, 11) is 0. The predicted molar refractivity (Wildman–Crippen MR) is 107 cm³/mol. The maximum atomic E-state index is 13.4. The molecule has 1 N–H and O–H groups in total. The van der Waals surface area contributed by atoms with Crippen molar-refractivity contribution in [3.8, 4) is 5.75 Å². The van der Waals surface area contributed by atoms with Crippen LogP contribution in [0.2, 0.25) is 5.02 Å². The van der Waals surface area contributed by atoms with Gasteiger partial charge in [-0.05, 0) is 42.7 Å². The number of carbonyl (C=O) groups is 2. The van der Waals surface area contributed by atoms with E-state index in [-0.39, 0.29) is 30.0 Å². The number of amides is 1. The Morgan fingerprint density at radius 2 is 1.90 bits per heavy atom. The summed E-state index contributed by atoms with van der Waals surface area (Å²) in [6.45, 7) is 1.75. The highest BCUT2D eigenvalue weighted by Gasteiger charge is 2.34. The minimum absolute atomic E-state index is 0.0667. The van der Waals surface area contributed by atoms with Crippen LogP contribution in [0.3, 0.4) is 0 Å². The highest BCUT2D eigenvalue weighted by Crippen LogP contribution is 2.35. The molecule has 2 heterocycles. The maximum absolute atomic E-state index is 13.4. The van der Waals surface area contributed by atoms with Crippen LogP contribution in [0.15, 0.2) is 42.5 Å². The van der Waals surface area contributed by atoms with Crippen LogP contribution in [0.1, 0.15) is 40.4 Å². The number of carboxylic acids is 1. The number of hydrogen-bond acceptors (Lipinski definition) is 4. The zero-order valence-corrected chi connectivity index (χ0v) is 16.6. The topological polar surface area (TPSA) is 76.1 Å². The Hall–Kier alpha value is -2.57. The summed E-state index contributed by atoms with van der Waals surface area (Å²) >= 11 is 6.20. The van der Waals surface area contributed by atoms with E-state index in [9.17, 15) is 14.7 Å². The summed E-state index contributed by atoms with van der Waals surface area (Å²) in [4.78, 5) is 26.6. The van der Waals surface area contributed by atoms with Gasteiger partial charge in [-0.25, -0.2) is 4.79 Å². The fourth-order valence-corrected chi connectivity index (χ4v) is 4.10. The molecule has 2 aromatic carbocycles. The van der Waals surface area contributed by atoms with Gasteiger partial charge in [0.05, 0.1) is 18.2 Å². The quantitative estimate of drug-likeness (QED) is 0.822. The number of benzene rings is 2. The van der Waals surface area contributed by atoms with E-state index < -0.39 is 5.97 Å². The minimum atomic E-state index is -1.01. The van der Waals surface area contributed by atoms with Gasteiger partial charge in [0.25, 0.3) is 0 Å². The number of fused-ring (bicyclic) bond motifs is 1. The molecule has 0 spiro atoms. The number of carboxylic acid groups (broad SMARTS) is 1. The van der Waals surface area contributed by atoms with Crippen LogP contribution < -0.4 is 4.74 Å². The molecule has 1 fully saturated rings. The number of hydrogen-bond donors (Lipinski definition) is 1. The number of aromatic carboxylic acids is 1. The molecule has 1 amide bonds. The molecule has 29 heavy (non-hydrogen) atoms. The zero-order chi connectivity index (χ0) is 20.4. The van der Waals surface area contributed by atoms with Crippen molar-refractivity contribution < 1.29 is 24.2 Å². The number of nitrogens with zero attached hydrogens (tertiary/aromatic N) is 1. The van der Waals surface area contributed by atoms with Crippen molar-refractivity contribution in [3.63, 3.8) is 0 Å². The number of rotatable bonds is 3. The Morgan fingerprint density at radius 3 is 2.62 bits per heavy atom. The van der Waals surface area contributed by atoms with E-state index in [1.54, 1.807) is 18.2 Å². The lowest BCUT2D eigenvalue weighted by Gasteiger charge is -2.34. The fourth-order valence-electron chi connectivity index (χ4n) is 3.91. The molecule has 0 radical (unpaired) electrons. The van der Waals surface area contributed by atoms with Crippen molar-refractivity contribution in [1.82, 2.24) is 4.90 Å². The standard InChI is InChI=1S/C22H22ClNO5/c23-18-3-1-2-15(10-18)19-13-29-20-11-16(22(26)27)4-5-17(20)12-24(19)21(25)14-6-8-28-9-7-14/h1-5,10-11,14,19H,6-9,12-13H2,(H,26,27)/t19-/m1/s1. The third-order valence-electron chi connectivity index (χ3n) is 5.51. The first-order valence-electron chi connectivity index (χ1n) is 9.65. The largest absolute Gasteiger partial charge is 0.491 e. The van der Waals surface area contributed by atoms with E-state index in [0.717, 1.165) is 11.1 Å². The van der Waals surface area contributed by atoms with Gasteiger partial charge >= 0.3 is 5.97 Å². The smallest absolute Gasteiger partial charge is 0.335 e. The lowest BCUT2D eigenvalue weighted by molar-refractivity contribution is -0.142. The van der Waals surface area contributed by atoms with E-state index >= 15 is 0 Å². The van der Waals surface area contributed by atoms with E-state index in [1.807, 2.05) is 23.1 Å². The molecular formula is C22H22ClNO5. The molecule has 2 aromatic rings. The van der Waals surface area contributed by atoms with Gasteiger partial charge in [0.2, 0.25) is 5.91 Å². The summed E-state index contributed by atoms with van der Waals surface area (Å²) in [6, 6.07) is 11.9. The highest BCUT2D eigenvalue weighted by molar-refractivity contribution is 6.30. The van der Waals surface area contributed by atoms with Crippen molar-refractivity contribution in [2.75, 3.05) is 19.8 Å². The van der Waals surface area contributed by atoms with Crippen LogP contribution in [-0.2, 0) is 16.1 Å². The zero-order valence-electron chi connectivity index (χ0n) is 15.8. The highest BCUT2D eigenvalue weighted by atomic mass is 35.5. The van der Waals surface area contributed by atoms with Gasteiger partial charge in [-0.15, -0.1) is 0 Å². The van der Waals surface area contributed by atoms with Crippen LogP contribution in [0, 0.1) is 5.92 Å².